The van der Waals surface area contributed by atoms with Crippen molar-refractivity contribution < 1.29 is 5.11 Å². The molecule has 3 rings (SSSR count). The fourth-order valence-corrected chi connectivity index (χ4v) is 4.59. The lowest BCUT2D eigenvalue weighted by Crippen LogP contribution is -2.30. The molecule has 0 amide bonds. The van der Waals surface area contributed by atoms with Gasteiger partial charge in [0.15, 0.2) is 0 Å². The van der Waals surface area contributed by atoms with Crippen LogP contribution in [0, 0.1) is 23.2 Å². The highest BCUT2D eigenvalue weighted by molar-refractivity contribution is 5.45. The van der Waals surface area contributed by atoms with E-state index >= 15 is 0 Å². The Bertz CT molecular complexity index is 595. The van der Waals surface area contributed by atoms with Gasteiger partial charge in [-0.1, -0.05) is 45.1 Å². The van der Waals surface area contributed by atoms with E-state index in [1.165, 1.54) is 5.57 Å². The monoisotopic (exact) mass is 313 g/mol. The van der Waals surface area contributed by atoms with Crippen LogP contribution in [0.5, 0.6) is 0 Å². The molecule has 0 aromatic rings. The van der Waals surface area contributed by atoms with Gasteiger partial charge in [-0.25, -0.2) is 0 Å². The van der Waals surface area contributed by atoms with Gasteiger partial charge in [0.25, 0.3) is 0 Å². The van der Waals surface area contributed by atoms with Crippen molar-refractivity contribution in [3.8, 4) is 0 Å². The van der Waals surface area contributed by atoms with Crippen LogP contribution in [0.15, 0.2) is 46.9 Å². The molecule has 0 fully saturated rings. The molecule has 0 spiro atoms. The summed E-state index contributed by atoms with van der Waals surface area (Å²) in [6, 6.07) is 0. The Morgan fingerprint density at radius 3 is 2.61 bits per heavy atom. The minimum atomic E-state index is -0.111. The molecule has 0 aliphatic heterocycles. The molecule has 2 heteroatoms. The van der Waals surface area contributed by atoms with Crippen molar-refractivity contribution in [2.24, 2.45) is 28.9 Å². The molecule has 0 aromatic carbocycles. The molecule has 0 heterocycles. The number of aliphatic hydroxyl groups is 1. The van der Waals surface area contributed by atoms with Crippen molar-refractivity contribution in [2.75, 3.05) is 0 Å². The van der Waals surface area contributed by atoms with Gasteiger partial charge in [0, 0.05) is 16.7 Å². The van der Waals surface area contributed by atoms with E-state index in [-0.39, 0.29) is 5.41 Å². The van der Waals surface area contributed by atoms with E-state index in [1.807, 2.05) is 0 Å². The molecule has 4 unspecified atom stereocenters. The summed E-state index contributed by atoms with van der Waals surface area (Å²) >= 11 is 0. The second-order valence-corrected chi connectivity index (χ2v) is 8.04. The Kier molecular flexibility index (Phi) is 4.44. The average molecular weight is 313 g/mol. The van der Waals surface area contributed by atoms with Crippen LogP contribution in [0.3, 0.4) is 0 Å². The van der Waals surface area contributed by atoms with Crippen LogP contribution in [0.2, 0.25) is 0 Å². The van der Waals surface area contributed by atoms with Crippen LogP contribution in [0.25, 0.3) is 0 Å². The molecule has 0 bridgehead atoms. The maximum absolute atomic E-state index is 11.1. The van der Waals surface area contributed by atoms with Gasteiger partial charge in [0.05, 0.1) is 0 Å². The first-order valence-electron chi connectivity index (χ1n) is 9.20. The van der Waals surface area contributed by atoms with Crippen LogP contribution in [0.1, 0.15) is 59.3 Å². The van der Waals surface area contributed by atoms with Gasteiger partial charge in [-0.3, -0.25) is 0 Å². The minimum Gasteiger partial charge on any atom is -0.508 e. The van der Waals surface area contributed by atoms with Crippen molar-refractivity contribution in [3.63, 3.8) is 0 Å². The summed E-state index contributed by atoms with van der Waals surface area (Å²) in [5.41, 5.74) is 9.44. The van der Waals surface area contributed by atoms with Crippen LogP contribution < -0.4 is 5.73 Å². The standard InChI is InChI=1S/C21H31NO/c1-14-10-12-21(3,13-11-14)19-18(22)9-8-17(20(19)23)16-7-5-4-6-15(16)2/h4,6,10,12,14-16,23H,5,7-9,11,13,22H2,1-3H3. The summed E-state index contributed by atoms with van der Waals surface area (Å²) in [6.45, 7) is 6.76. The molecule has 4 atom stereocenters. The highest BCUT2D eigenvalue weighted by Crippen LogP contribution is 2.48. The topological polar surface area (TPSA) is 46.2 Å². The number of aliphatic hydroxyl groups excluding tert-OH is 1. The Morgan fingerprint density at radius 1 is 1.17 bits per heavy atom. The summed E-state index contributed by atoms with van der Waals surface area (Å²) in [6.07, 6.45) is 15.5. The fourth-order valence-electron chi connectivity index (χ4n) is 4.59. The minimum absolute atomic E-state index is 0.111. The summed E-state index contributed by atoms with van der Waals surface area (Å²) < 4.78 is 0. The molecule has 2 nitrogen and oxygen atoms in total. The lowest BCUT2D eigenvalue weighted by Gasteiger charge is -2.39. The third-order valence-electron chi connectivity index (χ3n) is 6.17. The van der Waals surface area contributed by atoms with E-state index in [4.69, 9.17) is 5.73 Å². The molecular formula is C21H31NO. The zero-order valence-corrected chi connectivity index (χ0v) is 14.8. The lowest BCUT2D eigenvalue weighted by molar-refractivity contribution is 0.313. The normalized spacial score (nSPS) is 38.3. The molecular weight excluding hydrogens is 282 g/mol. The van der Waals surface area contributed by atoms with Gasteiger partial charge >= 0.3 is 0 Å². The molecule has 3 aliphatic carbocycles. The first-order chi connectivity index (χ1) is 10.9. The first kappa shape index (κ1) is 16.4. The lowest BCUT2D eigenvalue weighted by atomic mass is 9.67. The maximum atomic E-state index is 11.1. The van der Waals surface area contributed by atoms with Crippen molar-refractivity contribution >= 4 is 0 Å². The quantitative estimate of drug-likeness (QED) is 0.670. The van der Waals surface area contributed by atoms with Crippen molar-refractivity contribution in [3.05, 3.63) is 46.9 Å². The SMILES string of the molecule is CC1C=CC(C)(C2=C(N)CCC(C3CCC=CC3C)=C2O)CC1. The van der Waals surface area contributed by atoms with Gasteiger partial charge in [-0.2, -0.15) is 0 Å². The predicted octanol–water partition coefficient (Wildman–Crippen LogP) is 5.40. The highest BCUT2D eigenvalue weighted by atomic mass is 16.3. The van der Waals surface area contributed by atoms with E-state index in [0.717, 1.165) is 49.8 Å². The van der Waals surface area contributed by atoms with E-state index in [9.17, 15) is 5.11 Å². The fraction of sp³-hybridized carbons (Fsp3) is 0.619. The number of nitrogens with two attached hydrogens (primary N) is 1. The van der Waals surface area contributed by atoms with Gasteiger partial charge in [0.1, 0.15) is 5.76 Å². The molecule has 23 heavy (non-hydrogen) atoms. The number of allylic oxidation sites excluding steroid dienone is 7. The van der Waals surface area contributed by atoms with Gasteiger partial charge in [-0.15, -0.1) is 0 Å². The second-order valence-electron chi connectivity index (χ2n) is 8.04. The van der Waals surface area contributed by atoms with E-state index < -0.39 is 0 Å². The Labute approximate surface area is 140 Å². The molecule has 0 saturated carbocycles. The van der Waals surface area contributed by atoms with Gasteiger partial charge in [-0.05, 0) is 61.9 Å². The Balaban J connectivity index is 1.99. The zero-order valence-electron chi connectivity index (χ0n) is 14.8. The third-order valence-corrected chi connectivity index (χ3v) is 6.17. The molecule has 0 saturated heterocycles. The van der Waals surface area contributed by atoms with Crippen LogP contribution in [-0.2, 0) is 0 Å². The molecule has 3 aliphatic rings. The number of rotatable bonds is 2. The summed E-state index contributed by atoms with van der Waals surface area (Å²) in [5.74, 6) is 2.12. The molecule has 126 valence electrons. The Morgan fingerprint density at radius 2 is 1.96 bits per heavy atom. The first-order valence-corrected chi connectivity index (χ1v) is 9.20. The van der Waals surface area contributed by atoms with Crippen LogP contribution in [0.4, 0.5) is 0 Å². The molecule has 0 aromatic heterocycles. The number of hydrogen-bond donors (Lipinski definition) is 2. The van der Waals surface area contributed by atoms with E-state index in [0.29, 0.717) is 23.5 Å². The van der Waals surface area contributed by atoms with Crippen molar-refractivity contribution in [1.82, 2.24) is 0 Å². The van der Waals surface area contributed by atoms with Gasteiger partial charge < -0.3 is 10.8 Å². The van der Waals surface area contributed by atoms with Crippen molar-refractivity contribution in [1.29, 1.82) is 0 Å². The van der Waals surface area contributed by atoms with Gasteiger partial charge in [0.2, 0.25) is 0 Å². The molecule has 0 radical (unpaired) electrons. The number of hydrogen-bond acceptors (Lipinski definition) is 2. The smallest absolute Gasteiger partial charge is 0.120 e. The Hall–Kier alpha value is -1.44. The second kappa shape index (κ2) is 6.22. The summed E-state index contributed by atoms with van der Waals surface area (Å²) in [7, 11) is 0. The highest BCUT2D eigenvalue weighted by Gasteiger charge is 2.38. The summed E-state index contributed by atoms with van der Waals surface area (Å²) in [4.78, 5) is 0. The maximum Gasteiger partial charge on any atom is 0.120 e. The average Bonchev–Trinajstić information content (AvgIpc) is 2.52. The third kappa shape index (κ3) is 3.00. The zero-order chi connectivity index (χ0) is 16.6. The van der Waals surface area contributed by atoms with Crippen LogP contribution >= 0.6 is 0 Å². The molecule has 3 N–H and O–H groups in total. The van der Waals surface area contributed by atoms with E-state index in [2.05, 4.69) is 45.1 Å². The largest absolute Gasteiger partial charge is 0.508 e. The van der Waals surface area contributed by atoms with Crippen LogP contribution in [-0.4, -0.2) is 5.11 Å². The van der Waals surface area contributed by atoms with E-state index in [1.54, 1.807) is 0 Å². The predicted molar refractivity (Wildman–Crippen MR) is 96.8 cm³/mol. The van der Waals surface area contributed by atoms with Crippen molar-refractivity contribution in [2.45, 2.75) is 59.3 Å². The summed E-state index contributed by atoms with van der Waals surface area (Å²) in [5, 5.41) is 11.1.